The Morgan fingerprint density at radius 1 is 1.42 bits per heavy atom. The Bertz CT molecular complexity index is 523. The Kier molecular flexibility index (Phi) is 4.52. The summed E-state index contributed by atoms with van der Waals surface area (Å²) in [5, 5.41) is 13.4. The van der Waals surface area contributed by atoms with Gasteiger partial charge in [0.2, 0.25) is 0 Å². The van der Waals surface area contributed by atoms with Crippen LogP contribution in [-0.4, -0.2) is 16.6 Å². The average Bonchev–Trinajstić information content (AvgIpc) is 2.20. The van der Waals surface area contributed by atoms with E-state index in [4.69, 9.17) is 4.74 Å². The number of benzene rings is 1. The van der Waals surface area contributed by atoms with Crippen LogP contribution in [0.5, 0.6) is 0 Å². The number of ether oxygens (including phenoxy) is 1. The van der Waals surface area contributed by atoms with E-state index in [0.717, 1.165) is 0 Å². The summed E-state index contributed by atoms with van der Waals surface area (Å²) in [6, 6.07) is 3.09. The minimum atomic E-state index is -0.725. The normalized spacial score (nSPS) is 11.0. The monoisotopic (exact) mass is 330 g/mol. The van der Waals surface area contributed by atoms with E-state index in [0.29, 0.717) is 10.0 Å². The van der Waals surface area contributed by atoms with Crippen molar-refractivity contribution in [2.75, 3.05) is 5.32 Å². The lowest BCUT2D eigenvalue weighted by molar-refractivity contribution is -0.384. The minimum absolute atomic E-state index is 0.111. The lowest BCUT2D eigenvalue weighted by Gasteiger charge is -2.19. The molecule has 0 fully saturated rings. The third kappa shape index (κ3) is 4.20. The molecule has 104 valence electrons. The van der Waals surface area contributed by atoms with Crippen LogP contribution in [0.4, 0.5) is 16.2 Å². The van der Waals surface area contributed by atoms with Crippen LogP contribution in [0.25, 0.3) is 0 Å². The number of halogens is 1. The van der Waals surface area contributed by atoms with Crippen molar-refractivity contribution in [1.29, 1.82) is 0 Å². The van der Waals surface area contributed by atoms with Gasteiger partial charge >= 0.3 is 6.09 Å². The summed E-state index contributed by atoms with van der Waals surface area (Å²) in [5.74, 6) is 0. The molecule has 1 N–H and O–H groups in total. The van der Waals surface area contributed by atoms with Gasteiger partial charge in [-0.2, -0.15) is 0 Å². The summed E-state index contributed by atoms with van der Waals surface area (Å²) in [6.45, 7) is 6.75. The molecule has 0 unspecified atom stereocenters. The van der Waals surface area contributed by atoms with E-state index in [2.05, 4.69) is 21.2 Å². The van der Waals surface area contributed by atoms with E-state index in [-0.39, 0.29) is 11.4 Å². The molecule has 1 aromatic rings. The van der Waals surface area contributed by atoms with Gasteiger partial charge in [0, 0.05) is 10.0 Å². The fraction of sp³-hybridized carbons (Fsp3) is 0.417. The van der Waals surface area contributed by atoms with Crippen LogP contribution in [0.1, 0.15) is 26.3 Å². The summed E-state index contributed by atoms with van der Waals surface area (Å²) in [6.07, 6.45) is -0.725. The van der Waals surface area contributed by atoms with Gasteiger partial charge in [0.1, 0.15) is 11.3 Å². The molecule has 19 heavy (non-hydrogen) atoms. The van der Waals surface area contributed by atoms with Crippen molar-refractivity contribution >= 4 is 33.4 Å². The number of hydrogen-bond acceptors (Lipinski definition) is 4. The SMILES string of the molecule is Cc1c(Br)ccc(NC(=O)OC(C)(C)C)c1[N+](=O)[O-]. The van der Waals surface area contributed by atoms with Gasteiger partial charge in [-0.15, -0.1) is 0 Å². The molecule has 0 atom stereocenters. The number of nitrogens with zero attached hydrogens (tertiary/aromatic N) is 1. The Balaban J connectivity index is 3.05. The predicted molar refractivity (Wildman–Crippen MR) is 75.4 cm³/mol. The zero-order chi connectivity index (χ0) is 14.8. The third-order valence-electron chi connectivity index (χ3n) is 2.18. The number of rotatable bonds is 2. The summed E-state index contributed by atoms with van der Waals surface area (Å²) in [7, 11) is 0. The van der Waals surface area contributed by atoms with Gasteiger partial charge < -0.3 is 4.74 Å². The number of hydrogen-bond donors (Lipinski definition) is 1. The van der Waals surface area contributed by atoms with Gasteiger partial charge in [-0.05, 0) is 39.8 Å². The maximum absolute atomic E-state index is 11.6. The summed E-state index contributed by atoms with van der Waals surface area (Å²) < 4.78 is 5.67. The number of nitrogens with one attached hydrogen (secondary N) is 1. The number of nitro benzene ring substituents is 1. The first-order chi connectivity index (χ1) is 8.61. The quantitative estimate of drug-likeness (QED) is 0.656. The van der Waals surface area contributed by atoms with Gasteiger partial charge in [0.15, 0.2) is 0 Å². The van der Waals surface area contributed by atoms with E-state index in [1.54, 1.807) is 33.8 Å². The molecule has 1 amide bonds. The Morgan fingerprint density at radius 3 is 2.47 bits per heavy atom. The van der Waals surface area contributed by atoms with Crippen LogP contribution in [0, 0.1) is 17.0 Å². The molecular formula is C12H15BrN2O4. The van der Waals surface area contributed by atoms with Crippen molar-refractivity contribution in [2.24, 2.45) is 0 Å². The van der Waals surface area contributed by atoms with Crippen molar-refractivity contribution < 1.29 is 14.5 Å². The highest BCUT2D eigenvalue weighted by molar-refractivity contribution is 9.10. The molecule has 1 rings (SSSR count). The van der Waals surface area contributed by atoms with Crippen LogP contribution in [0.3, 0.4) is 0 Å². The number of anilines is 1. The fourth-order valence-corrected chi connectivity index (χ4v) is 1.75. The Hall–Kier alpha value is -1.63. The topological polar surface area (TPSA) is 81.5 Å². The van der Waals surface area contributed by atoms with Gasteiger partial charge in [-0.25, -0.2) is 4.79 Å². The standard InChI is InChI=1S/C12H15BrN2O4/c1-7-8(13)5-6-9(10(7)15(17)18)14-11(16)19-12(2,3)4/h5-6H,1-4H3,(H,14,16). The highest BCUT2D eigenvalue weighted by Crippen LogP contribution is 2.33. The summed E-state index contributed by atoms with van der Waals surface area (Å²) >= 11 is 3.22. The highest BCUT2D eigenvalue weighted by atomic mass is 79.9. The lowest BCUT2D eigenvalue weighted by atomic mass is 10.1. The van der Waals surface area contributed by atoms with E-state index >= 15 is 0 Å². The van der Waals surface area contributed by atoms with Crippen molar-refractivity contribution in [3.05, 3.63) is 32.3 Å². The second-order valence-electron chi connectivity index (χ2n) is 4.95. The third-order valence-corrected chi connectivity index (χ3v) is 3.04. The molecule has 1 aromatic carbocycles. The van der Waals surface area contributed by atoms with Gasteiger partial charge in [-0.1, -0.05) is 15.9 Å². The second-order valence-corrected chi connectivity index (χ2v) is 5.81. The maximum atomic E-state index is 11.6. The molecule has 0 heterocycles. The van der Waals surface area contributed by atoms with E-state index in [1.165, 1.54) is 6.07 Å². The zero-order valence-corrected chi connectivity index (χ0v) is 12.7. The first-order valence-electron chi connectivity index (χ1n) is 5.55. The number of nitro groups is 1. The van der Waals surface area contributed by atoms with Crippen LogP contribution >= 0.6 is 15.9 Å². The number of carbonyl (C=O) groups excluding carboxylic acids is 1. The molecule has 0 saturated carbocycles. The van der Waals surface area contributed by atoms with E-state index in [9.17, 15) is 14.9 Å². The van der Waals surface area contributed by atoms with Crippen molar-refractivity contribution in [3.63, 3.8) is 0 Å². The smallest absolute Gasteiger partial charge is 0.412 e. The van der Waals surface area contributed by atoms with E-state index in [1.807, 2.05) is 0 Å². The molecule has 0 saturated heterocycles. The molecule has 0 aromatic heterocycles. The zero-order valence-electron chi connectivity index (χ0n) is 11.1. The average molecular weight is 331 g/mol. The van der Waals surface area contributed by atoms with Crippen LogP contribution in [0.15, 0.2) is 16.6 Å². The Labute approximate surface area is 119 Å². The number of amides is 1. The van der Waals surface area contributed by atoms with Gasteiger partial charge in [0.25, 0.3) is 5.69 Å². The first kappa shape index (κ1) is 15.4. The number of carbonyl (C=O) groups is 1. The minimum Gasteiger partial charge on any atom is -0.444 e. The molecule has 6 nitrogen and oxygen atoms in total. The predicted octanol–water partition coefficient (Wildman–Crippen LogP) is 4.01. The summed E-state index contributed by atoms with van der Waals surface area (Å²) in [4.78, 5) is 22.2. The molecule has 0 aliphatic heterocycles. The van der Waals surface area contributed by atoms with Crippen LogP contribution in [-0.2, 0) is 4.74 Å². The second kappa shape index (κ2) is 5.56. The van der Waals surface area contributed by atoms with Crippen LogP contribution in [0.2, 0.25) is 0 Å². The fourth-order valence-electron chi connectivity index (χ4n) is 1.43. The highest BCUT2D eigenvalue weighted by Gasteiger charge is 2.23. The molecule has 0 aliphatic rings. The molecular weight excluding hydrogens is 316 g/mol. The van der Waals surface area contributed by atoms with Crippen molar-refractivity contribution in [2.45, 2.75) is 33.3 Å². The van der Waals surface area contributed by atoms with Crippen molar-refractivity contribution in [3.8, 4) is 0 Å². The largest absolute Gasteiger partial charge is 0.444 e. The maximum Gasteiger partial charge on any atom is 0.412 e. The molecule has 0 aliphatic carbocycles. The van der Waals surface area contributed by atoms with Gasteiger partial charge in [-0.3, -0.25) is 15.4 Å². The molecule has 0 radical (unpaired) electrons. The molecule has 7 heteroatoms. The lowest BCUT2D eigenvalue weighted by Crippen LogP contribution is -2.27. The molecule has 0 spiro atoms. The van der Waals surface area contributed by atoms with Gasteiger partial charge in [0.05, 0.1) is 4.92 Å². The van der Waals surface area contributed by atoms with E-state index < -0.39 is 16.6 Å². The molecule has 0 bridgehead atoms. The first-order valence-corrected chi connectivity index (χ1v) is 6.34. The van der Waals surface area contributed by atoms with Crippen molar-refractivity contribution in [1.82, 2.24) is 0 Å². The van der Waals surface area contributed by atoms with Crippen LogP contribution < -0.4 is 5.32 Å². The Morgan fingerprint density at radius 2 is 2.00 bits per heavy atom. The summed E-state index contributed by atoms with van der Waals surface area (Å²) in [5.41, 5.74) is -0.262.